The Kier molecular flexibility index (Phi) is 5.96. The number of anilines is 3. The van der Waals surface area contributed by atoms with Crippen LogP contribution in [0.4, 0.5) is 17.5 Å². The molecule has 0 saturated carbocycles. The van der Waals surface area contributed by atoms with Crippen molar-refractivity contribution in [3.05, 3.63) is 66.1 Å². The van der Waals surface area contributed by atoms with Crippen LogP contribution in [0.25, 0.3) is 32.9 Å². The SMILES string of the molecule is C=CC(=O)N1CCN(c2nc(Nc3cnn(C)c3)nc3cc(-c4c(C)ccc5[nH]ncc45)c(Cl)cc23)CC1. The highest BCUT2D eigenvalue weighted by atomic mass is 35.5. The Morgan fingerprint density at radius 3 is 2.68 bits per heavy atom. The van der Waals surface area contributed by atoms with E-state index in [9.17, 15) is 4.79 Å². The summed E-state index contributed by atoms with van der Waals surface area (Å²) in [6, 6.07) is 8.03. The largest absolute Gasteiger partial charge is 0.352 e. The van der Waals surface area contributed by atoms with Gasteiger partial charge in [0.1, 0.15) is 5.82 Å². The quantitative estimate of drug-likeness (QED) is 0.325. The van der Waals surface area contributed by atoms with E-state index in [-0.39, 0.29) is 5.91 Å². The molecular formula is C27H26ClN9O. The highest BCUT2D eigenvalue weighted by Crippen LogP contribution is 2.40. The van der Waals surface area contributed by atoms with Gasteiger partial charge in [0.2, 0.25) is 11.9 Å². The van der Waals surface area contributed by atoms with Crippen LogP contribution in [-0.2, 0) is 11.8 Å². The van der Waals surface area contributed by atoms with Crippen molar-refractivity contribution in [3.8, 4) is 11.1 Å². The Hall–Kier alpha value is -4.44. The van der Waals surface area contributed by atoms with Gasteiger partial charge in [0, 0.05) is 60.8 Å². The van der Waals surface area contributed by atoms with Gasteiger partial charge in [0.05, 0.1) is 29.1 Å². The zero-order valence-electron chi connectivity index (χ0n) is 21.1. The first-order valence-electron chi connectivity index (χ1n) is 12.3. The Morgan fingerprint density at radius 1 is 1.13 bits per heavy atom. The maximum Gasteiger partial charge on any atom is 0.246 e. The van der Waals surface area contributed by atoms with E-state index in [2.05, 4.69) is 45.1 Å². The number of aromatic amines is 1. The van der Waals surface area contributed by atoms with E-state index in [1.54, 1.807) is 15.8 Å². The van der Waals surface area contributed by atoms with E-state index in [0.717, 1.165) is 50.0 Å². The molecule has 2 N–H and O–H groups in total. The molecule has 2 aromatic carbocycles. The monoisotopic (exact) mass is 527 g/mol. The van der Waals surface area contributed by atoms with Crippen molar-refractivity contribution < 1.29 is 4.79 Å². The number of nitrogens with zero attached hydrogens (tertiary/aromatic N) is 7. The van der Waals surface area contributed by atoms with Crippen molar-refractivity contribution in [1.29, 1.82) is 0 Å². The molecule has 1 amide bonds. The molecule has 10 nitrogen and oxygen atoms in total. The minimum atomic E-state index is -0.0624. The lowest BCUT2D eigenvalue weighted by Crippen LogP contribution is -2.48. The van der Waals surface area contributed by atoms with E-state index in [1.807, 2.05) is 37.6 Å². The normalized spacial score (nSPS) is 13.9. The molecule has 0 atom stereocenters. The van der Waals surface area contributed by atoms with Gasteiger partial charge in [-0.2, -0.15) is 15.2 Å². The number of carbonyl (C=O) groups excluding carboxylic acids is 1. The number of benzene rings is 2. The standard InChI is InChI=1S/C27H26ClN9O/c1-4-24(38)36-7-9-37(10-8-36)26-19-11-21(28)18(25-16(2)5-6-22-20(25)14-29-34-22)12-23(19)32-27(33-26)31-17-13-30-35(3)15-17/h4-6,11-15H,1,7-10H2,2-3H3,(H,29,34)(H,31,32,33). The van der Waals surface area contributed by atoms with Crippen molar-refractivity contribution in [2.75, 3.05) is 36.4 Å². The fraction of sp³-hybridized carbons (Fsp3) is 0.222. The van der Waals surface area contributed by atoms with Gasteiger partial charge in [0.15, 0.2) is 0 Å². The van der Waals surface area contributed by atoms with E-state index >= 15 is 0 Å². The number of piperazine rings is 1. The Bertz CT molecular complexity index is 1700. The third-order valence-corrected chi connectivity index (χ3v) is 7.21. The van der Waals surface area contributed by atoms with Gasteiger partial charge in [-0.1, -0.05) is 24.2 Å². The topological polar surface area (TPSA) is 108 Å². The van der Waals surface area contributed by atoms with Crippen molar-refractivity contribution in [3.63, 3.8) is 0 Å². The molecule has 0 bridgehead atoms. The van der Waals surface area contributed by atoms with Crippen LogP contribution in [0.3, 0.4) is 0 Å². The van der Waals surface area contributed by atoms with E-state index in [1.165, 1.54) is 6.08 Å². The zero-order chi connectivity index (χ0) is 26.4. The molecule has 38 heavy (non-hydrogen) atoms. The second-order valence-electron chi connectivity index (χ2n) is 9.35. The van der Waals surface area contributed by atoms with Crippen LogP contribution < -0.4 is 10.2 Å². The smallest absolute Gasteiger partial charge is 0.246 e. The van der Waals surface area contributed by atoms with Crippen molar-refractivity contribution in [2.45, 2.75) is 6.92 Å². The first-order valence-corrected chi connectivity index (χ1v) is 12.7. The summed E-state index contributed by atoms with van der Waals surface area (Å²) in [4.78, 5) is 25.8. The molecule has 1 saturated heterocycles. The molecule has 3 aromatic heterocycles. The average molecular weight is 528 g/mol. The van der Waals surface area contributed by atoms with Gasteiger partial charge in [-0.15, -0.1) is 0 Å². The fourth-order valence-electron chi connectivity index (χ4n) is 4.99. The summed E-state index contributed by atoms with van der Waals surface area (Å²) in [7, 11) is 1.86. The highest BCUT2D eigenvalue weighted by molar-refractivity contribution is 6.35. The lowest BCUT2D eigenvalue weighted by molar-refractivity contribution is -0.126. The van der Waals surface area contributed by atoms with Crippen LogP contribution in [0.5, 0.6) is 0 Å². The third-order valence-electron chi connectivity index (χ3n) is 6.89. The summed E-state index contributed by atoms with van der Waals surface area (Å²) < 4.78 is 1.71. The number of H-pyrrole nitrogens is 1. The van der Waals surface area contributed by atoms with Gasteiger partial charge in [0.25, 0.3) is 0 Å². The molecule has 0 unspecified atom stereocenters. The minimum absolute atomic E-state index is 0.0624. The van der Waals surface area contributed by atoms with Crippen LogP contribution in [-0.4, -0.2) is 66.9 Å². The summed E-state index contributed by atoms with van der Waals surface area (Å²) in [5.41, 5.74) is 5.46. The molecule has 5 aromatic rings. The number of hydrogen-bond donors (Lipinski definition) is 2. The maximum absolute atomic E-state index is 12.1. The summed E-state index contributed by atoms with van der Waals surface area (Å²) in [6.07, 6.45) is 6.77. The Balaban J connectivity index is 1.49. The predicted octanol–water partition coefficient (Wildman–Crippen LogP) is 4.45. The van der Waals surface area contributed by atoms with Crippen molar-refractivity contribution >= 4 is 56.8 Å². The number of halogens is 1. The maximum atomic E-state index is 12.1. The van der Waals surface area contributed by atoms with Crippen LogP contribution in [0.1, 0.15) is 5.56 Å². The van der Waals surface area contributed by atoms with Crippen LogP contribution in [0.15, 0.2) is 55.5 Å². The van der Waals surface area contributed by atoms with Crippen LogP contribution in [0, 0.1) is 6.92 Å². The van der Waals surface area contributed by atoms with Gasteiger partial charge in [-0.25, -0.2) is 4.98 Å². The number of aromatic nitrogens is 6. The molecule has 6 rings (SSSR count). The lowest BCUT2D eigenvalue weighted by atomic mass is 9.96. The third kappa shape index (κ3) is 4.22. The molecule has 192 valence electrons. The molecule has 11 heteroatoms. The number of hydrogen-bond acceptors (Lipinski definition) is 7. The average Bonchev–Trinajstić information content (AvgIpc) is 3.56. The molecule has 4 heterocycles. The lowest BCUT2D eigenvalue weighted by Gasteiger charge is -2.35. The van der Waals surface area contributed by atoms with Gasteiger partial charge in [-0.3, -0.25) is 14.6 Å². The molecule has 0 aliphatic carbocycles. The van der Waals surface area contributed by atoms with E-state index in [0.29, 0.717) is 37.1 Å². The van der Waals surface area contributed by atoms with E-state index in [4.69, 9.17) is 21.6 Å². The van der Waals surface area contributed by atoms with Crippen molar-refractivity contribution in [1.82, 2.24) is 34.8 Å². The van der Waals surface area contributed by atoms with Crippen LogP contribution >= 0.6 is 11.6 Å². The molecular weight excluding hydrogens is 502 g/mol. The van der Waals surface area contributed by atoms with Crippen molar-refractivity contribution in [2.24, 2.45) is 7.05 Å². The van der Waals surface area contributed by atoms with E-state index < -0.39 is 0 Å². The summed E-state index contributed by atoms with van der Waals surface area (Å²) in [5, 5.41) is 17.2. The highest BCUT2D eigenvalue weighted by Gasteiger charge is 2.24. The van der Waals surface area contributed by atoms with Crippen LogP contribution in [0.2, 0.25) is 5.02 Å². The number of amides is 1. The Morgan fingerprint density at radius 2 is 1.95 bits per heavy atom. The second-order valence-corrected chi connectivity index (χ2v) is 9.76. The summed E-state index contributed by atoms with van der Waals surface area (Å²) in [5.74, 6) is 1.16. The Labute approximate surface area is 223 Å². The van der Waals surface area contributed by atoms with Gasteiger partial charge >= 0.3 is 0 Å². The van der Waals surface area contributed by atoms with Gasteiger partial charge in [-0.05, 0) is 42.3 Å². The zero-order valence-corrected chi connectivity index (χ0v) is 21.8. The number of fused-ring (bicyclic) bond motifs is 2. The molecule has 0 radical (unpaired) electrons. The molecule has 1 aliphatic heterocycles. The number of nitrogens with one attached hydrogen (secondary N) is 2. The minimum Gasteiger partial charge on any atom is -0.352 e. The number of rotatable bonds is 5. The molecule has 1 aliphatic rings. The molecule has 0 spiro atoms. The fourth-order valence-corrected chi connectivity index (χ4v) is 5.25. The summed E-state index contributed by atoms with van der Waals surface area (Å²) >= 11 is 6.95. The number of carbonyl (C=O) groups is 1. The first kappa shape index (κ1) is 23.9. The van der Waals surface area contributed by atoms with Gasteiger partial charge < -0.3 is 15.1 Å². The number of aryl methyl sites for hydroxylation is 2. The predicted molar refractivity (Wildman–Crippen MR) is 150 cm³/mol. The molecule has 1 fully saturated rings. The summed E-state index contributed by atoms with van der Waals surface area (Å²) in [6.45, 7) is 8.09. The second kappa shape index (κ2) is 9.46. The first-order chi connectivity index (χ1) is 18.4.